The van der Waals surface area contributed by atoms with Crippen LogP contribution < -0.4 is 0 Å². The van der Waals surface area contributed by atoms with Gasteiger partial charge in [-0.1, -0.05) is 13.8 Å². The molecule has 0 aromatic heterocycles. The smallest absolute Gasteiger partial charge is 0.0628 e. The molecule has 0 saturated carbocycles. The highest BCUT2D eigenvalue weighted by molar-refractivity contribution is 8.00. The number of nitriles is 2. The third kappa shape index (κ3) is 5.19. The van der Waals surface area contributed by atoms with Crippen LogP contribution in [0, 0.1) is 22.7 Å². The van der Waals surface area contributed by atoms with Crippen LogP contribution in [-0.2, 0) is 0 Å². The van der Waals surface area contributed by atoms with E-state index in [4.69, 9.17) is 10.5 Å². The molecule has 2 nitrogen and oxygen atoms in total. The van der Waals surface area contributed by atoms with Gasteiger partial charge in [0.1, 0.15) is 0 Å². The zero-order valence-corrected chi connectivity index (χ0v) is 13.0. The van der Waals surface area contributed by atoms with Crippen LogP contribution >= 0.6 is 23.5 Å². The van der Waals surface area contributed by atoms with Crippen LogP contribution in [0.4, 0.5) is 0 Å². The molecule has 0 saturated heterocycles. The van der Waals surface area contributed by atoms with Gasteiger partial charge < -0.3 is 0 Å². The van der Waals surface area contributed by atoms with E-state index >= 15 is 0 Å². The summed E-state index contributed by atoms with van der Waals surface area (Å²) in [6, 6.07) is 10.8. The molecule has 0 aliphatic rings. The van der Waals surface area contributed by atoms with Crippen molar-refractivity contribution in [3.63, 3.8) is 0 Å². The molecule has 0 aliphatic carbocycles. The second kappa shape index (κ2) is 8.91. The molecule has 0 aliphatic heterocycles. The summed E-state index contributed by atoms with van der Waals surface area (Å²) < 4.78 is 0. The average Bonchev–Trinajstić information content (AvgIpc) is 2.39. The molecule has 0 N–H and O–H groups in total. The van der Waals surface area contributed by atoms with Crippen LogP contribution in [0.5, 0.6) is 0 Å². The van der Waals surface area contributed by atoms with E-state index in [2.05, 4.69) is 44.2 Å². The highest BCUT2D eigenvalue weighted by Crippen LogP contribution is 2.32. The van der Waals surface area contributed by atoms with Crippen LogP contribution in [-0.4, -0.2) is 11.5 Å². The van der Waals surface area contributed by atoms with Gasteiger partial charge in [0.2, 0.25) is 0 Å². The van der Waals surface area contributed by atoms with Crippen molar-refractivity contribution in [2.75, 3.05) is 11.5 Å². The fourth-order valence-electron chi connectivity index (χ4n) is 1.86. The molecule has 1 aromatic rings. The Labute approximate surface area is 124 Å². The molecular formula is C15H18N2S2. The van der Waals surface area contributed by atoms with Gasteiger partial charge in [-0.2, -0.15) is 10.5 Å². The number of hydrogen-bond acceptors (Lipinski definition) is 4. The van der Waals surface area contributed by atoms with E-state index in [0.29, 0.717) is 12.8 Å². The SMILES string of the molecule is CCSc1cc(SCC)cc(C(CC#N)CC#N)c1. The number of nitrogens with zero attached hydrogens (tertiary/aromatic N) is 2. The van der Waals surface area contributed by atoms with Gasteiger partial charge >= 0.3 is 0 Å². The molecule has 1 aromatic carbocycles. The lowest BCUT2D eigenvalue weighted by Crippen LogP contribution is -1.98. The molecule has 0 fully saturated rings. The Morgan fingerprint density at radius 2 is 1.42 bits per heavy atom. The maximum atomic E-state index is 8.90. The van der Waals surface area contributed by atoms with E-state index < -0.39 is 0 Å². The molecule has 0 unspecified atom stereocenters. The van der Waals surface area contributed by atoms with Crippen LogP contribution in [0.15, 0.2) is 28.0 Å². The van der Waals surface area contributed by atoms with Crippen molar-refractivity contribution in [3.05, 3.63) is 23.8 Å². The summed E-state index contributed by atoms with van der Waals surface area (Å²) in [6.07, 6.45) is 0.814. The van der Waals surface area contributed by atoms with Gasteiger partial charge in [0.15, 0.2) is 0 Å². The van der Waals surface area contributed by atoms with Crippen molar-refractivity contribution in [3.8, 4) is 12.1 Å². The second-order valence-corrected chi connectivity index (χ2v) is 6.70. The highest BCUT2D eigenvalue weighted by Gasteiger charge is 2.13. The van der Waals surface area contributed by atoms with Crippen molar-refractivity contribution in [2.24, 2.45) is 0 Å². The molecule has 0 bridgehead atoms. The number of benzene rings is 1. The predicted octanol–water partition coefficient (Wildman–Crippen LogP) is 4.82. The summed E-state index contributed by atoms with van der Waals surface area (Å²) in [5, 5.41) is 17.8. The van der Waals surface area contributed by atoms with Crippen molar-refractivity contribution < 1.29 is 0 Å². The topological polar surface area (TPSA) is 47.6 Å². The van der Waals surface area contributed by atoms with Gasteiger partial charge in [-0.3, -0.25) is 0 Å². The van der Waals surface area contributed by atoms with Crippen molar-refractivity contribution in [1.29, 1.82) is 10.5 Å². The second-order valence-electron chi connectivity index (χ2n) is 4.03. The Morgan fingerprint density at radius 1 is 0.947 bits per heavy atom. The first kappa shape index (κ1) is 16.0. The molecule has 0 heterocycles. The number of thioether (sulfide) groups is 2. The van der Waals surface area contributed by atoms with Gasteiger partial charge in [0.25, 0.3) is 0 Å². The zero-order chi connectivity index (χ0) is 14.1. The average molecular weight is 290 g/mol. The predicted molar refractivity (Wildman–Crippen MR) is 82.4 cm³/mol. The quantitative estimate of drug-likeness (QED) is 0.675. The molecule has 0 atom stereocenters. The fraction of sp³-hybridized carbons (Fsp3) is 0.467. The lowest BCUT2D eigenvalue weighted by molar-refractivity contribution is 0.721. The van der Waals surface area contributed by atoms with Crippen LogP contribution in [0.25, 0.3) is 0 Å². The van der Waals surface area contributed by atoms with E-state index in [1.54, 1.807) is 23.5 Å². The first-order chi connectivity index (χ1) is 9.24. The minimum atomic E-state index is 0.0311. The monoisotopic (exact) mass is 290 g/mol. The Kier molecular flexibility index (Phi) is 7.48. The van der Waals surface area contributed by atoms with Gasteiger partial charge in [-0.15, -0.1) is 23.5 Å². The first-order valence-electron chi connectivity index (χ1n) is 6.39. The third-order valence-corrected chi connectivity index (χ3v) is 4.39. The van der Waals surface area contributed by atoms with Crippen molar-refractivity contribution >= 4 is 23.5 Å². The Hall–Kier alpha value is -1.10. The number of rotatable bonds is 7. The van der Waals surface area contributed by atoms with Gasteiger partial charge in [0.05, 0.1) is 12.1 Å². The summed E-state index contributed by atoms with van der Waals surface area (Å²) in [5.74, 6) is 2.09. The lowest BCUT2D eigenvalue weighted by Gasteiger charge is -2.14. The van der Waals surface area contributed by atoms with E-state index in [1.807, 2.05) is 0 Å². The van der Waals surface area contributed by atoms with E-state index in [9.17, 15) is 0 Å². The Bertz CT molecular complexity index is 446. The molecular weight excluding hydrogens is 272 g/mol. The van der Waals surface area contributed by atoms with E-state index in [-0.39, 0.29) is 5.92 Å². The summed E-state index contributed by atoms with van der Waals surface area (Å²) in [6.45, 7) is 4.26. The Balaban J connectivity index is 3.09. The highest BCUT2D eigenvalue weighted by atomic mass is 32.2. The van der Waals surface area contributed by atoms with Gasteiger partial charge in [-0.25, -0.2) is 0 Å². The summed E-state index contributed by atoms with van der Waals surface area (Å²) in [4.78, 5) is 2.47. The molecule has 0 amide bonds. The van der Waals surface area contributed by atoms with Gasteiger partial charge in [-0.05, 0) is 35.3 Å². The fourth-order valence-corrected chi connectivity index (χ4v) is 3.46. The van der Waals surface area contributed by atoms with Crippen molar-refractivity contribution in [2.45, 2.75) is 42.4 Å². The third-order valence-electron chi connectivity index (χ3n) is 2.67. The maximum absolute atomic E-state index is 8.90. The molecule has 0 spiro atoms. The normalized spacial score (nSPS) is 10.2. The minimum Gasteiger partial charge on any atom is -0.198 e. The summed E-state index contributed by atoms with van der Waals surface area (Å²) in [5.41, 5.74) is 1.12. The summed E-state index contributed by atoms with van der Waals surface area (Å²) >= 11 is 3.61. The Morgan fingerprint density at radius 3 is 1.79 bits per heavy atom. The largest absolute Gasteiger partial charge is 0.198 e. The van der Waals surface area contributed by atoms with E-state index in [0.717, 1.165) is 17.1 Å². The van der Waals surface area contributed by atoms with Crippen LogP contribution in [0.3, 0.4) is 0 Å². The molecule has 100 valence electrons. The zero-order valence-electron chi connectivity index (χ0n) is 11.3. The standard InChI is InChI=1S/C15H18N2S2/c1-3-18-14-9-13(10-15(11-14)19-4-2)12(5-7-16)6-8-17/h9-12H,3-6H2,1-2H3. The first-order valence-corrected chi connectivity index (χ1v) is 8.36. The molecule has 4 heteroatoms. The minimum absolute atomic E-state index is 0.0311. The van der Waals surface area contributed by atoms with Gasteiger partial charge in [0, 0.05) is 28.6 Å². The van der Waals surface area contributed by atoms with E-state index in [1.165, 1.54) is 9.79 Å². The number of hydrogen-bond donors (Lipinski definition) is 0. The van der Waals surface area contributed by atoms with Crippen LogP contribution in [0.1, 0.15) is 38.2 Å². The molecule has 1 rings (SSSR count). The maximum Gasteiger partial charge on any atom is 0.0628 e. The van der Waals surface area contributed by atoms with Crippen LogP contribution in [0.2, 0.25) is 0 Å². The molecule has 19 heavy (non-hydrogen) atoms. The molecule has 0 radical (unpaired) electrons. The van der Waals surface area contributed by atoms with Crippen molar-refractivity contribution in [1.82, 2.24) is 0 Å². The summed E-state index contributed by atoms with van der Waals surface area (Å²) in [7, 11) is 0. The lowest BCUT2D eigenvalue weighted by atomic mass is 9.94.